The van der Waals surface area contributed by atoms with E-state index in [1.807, 2.05) is 53.4 Å². The van der Waals surface area contributed by atoms with Gasteiger partial charge in [0.15, 0.2) is 10.6 Å². The number of aryl methyl sites for hydroxylation is 1. The molecule has 0 amide bonds. The summed E-state index contributed by atoms with van der Waals surface area (Å²) in [5.41, 5.74) is 3.03. The van der Waals surface area contributed by atoms with E-state index < -0.39 is 0 Å². The molecule has 0 aliphatic carbocycles. The van der Waals surface area contributed by atoms with Gasteiger partial charge in [0.25, 0.3) is 0 Å². The summed E-state index contributed by atoms with van der Waals surface area (Å²) < 4.78 is 5.46. The lowest BCUT2D eigenvalue weighted by Crippen LogP contribution is -2.10. The molecule has 0 aliphatic heterocycles. The minimum absolute atomic E-state index is 0.556. The molecule has 0 unspecified atom stereocenters. The van der Waals surface area contributed by atoms with Gasteiger partial charge in [-0.25, -0.2) is 0 Å². The second-order valence-electron chi connectivity index (χ2n) is 4.76. The van der Waals surface area contributed by atoms with E-state index in [4.69, 9.17) is 12.2 Å². The third-order valence-electron chi connectivity index (χ3n) is 3.34. The molecule has 0 aliphatic rings. The molecule has 7 heteroatoms. The number of nitrogens with one attached hydrogen (secondary N) is 1. The predicted molar refractivity (Wildman–Crippen MR) is 87.3 cm³/mol. The number of aromatic nitrogens is 5. The maximum atomic E-state index is 5.34. The molecule has 3 aromatic rings. The predicted octanol–water partition coefficient (Wildman–Crippen LogP) is 3.55. The fourth-order valence-electron chi connectivity index (χ4n) is 2.24. The van der Waals surface area contributed by atoms with Crippen LogP contribution in [0, 0.1) is 18.6 Å². The van der Waals surface area contributed by atoms with Gasteiger partial charge in [-0.05, 0) is 54.1 Å². The molecule has 0 spiro atoms. The molecule has 2 heterocycles. The summed E-state index contributed by atoms with van der Waals surface area (Å²) >= 11 is 8.88. The molecule has 3 rings (SSSR count). The summed E-state index contributed by atoms with van der Waals surface area (Å²) in [6.45, 7) is 4.56. The van der Waals surface area contributed by atoms with Crippen molar-refractivity contribution in [1.29, 1.82) is 0 Å². The fraction of sp³-hybridized carbons (Fsp3) is 0.214. The summed E-state index contributed by atoms with van der Waals surface area (Å²) in [6.07, 6.45) is 0. The highest BCUT2D eigenvalue weighted by Gasteiger charge is 2.13. The van der Waals surface area contributed by atoms with Gasteiger partial charge in [-0.3, -0.25) is 14.3 Å². The second kappa shape index (κ2) is 5.57. The summed E-state index contributed by atoms with van der Waals surface area (Å²) in [4.78, 5) is 0. The zero-order chi connectivity index (χ0) is 15.0. The van der Waals surface area contributed by atoms with Gasteiger partial charge in [-0.1, -0.05) is 18.2 Å². The van der Waals surface area contributed by atoms with Crippen LogP contribution in [0.15, 0.2) is 34.8 Å². The Labute approximate surface area is 135 Å². The smallest absolute Gasteiger partial charge is 0.199 e. The van der Waals surface area contributed by atoms with Crippen LogP contribution in [0.2, 0.25) is 0 Å². The first-order valence-electron chi connectivity index (χ1n) is 6.49. The van der Waals surface area contributed by atoms with Crippen molar-refractivity contribution in [3.63, 3.8) is 0 Å². The van der Waals surface area contributed by atoms with Crippen LogP contribution in [0.1, 0.15) is 17.2 Å². The zero-order valence-corrected chi connectivity index (χ0v) is 14.1. The molecular weight excluding hydrogens is 350 g/mol. The van der Waals surface area contributed by atoms with Gasteiger partial charge in [-0.15, -0.1) is 0 Å². The average molecular weight is 364 g/mol. The number of benzene rings is 1. The maximum Gasteiger partial charge on any atom is 0.199 e. The van der Waals surface area contributed by atoms with Crippen LogP contribution in [0.5, 0.6) is 0 Å². The van der Waals surface area contributed by atoms with E-state index in [1.165, 1.54) is 0 Å². The van der Waals surface area contributed by atoms with E-state index >= 15 is 0 Å². The van der Waals surface area contributed by atoms with Crippen LogP contribution in [-0.2, 0) is 6.54 Å². The van der Waals surface area contributed by atoms with Crippen molar-refractivity contribution in [3.05, 3.63) is 56.8 Å². The number of aromatic amines is 1. The Morgan fingerprint density at radius 2 is 1.95 bits per heavy atom. The zero-order valence-electron chi connectivity index (χ0n) is 11.7. The lowest BCUT2D eigenvalue weighted by Gasteiger charge is -2.08. The average Bonchev–Trinajstić information content (AvgIpc) is 2.96. The van der Waals surface area contributed by atoms with Gasteiger partial charge in [-0.2, -0.15) is 10.2 Å². The van der Waals surface area contributed by atoms with Gasteiger partial charge in [0.2, 0.25) is 0 Å². The molecule has 2 aromatic heterocycles. The molecule has 0 atom stereocenters. The number of para-hydroxylation sites is 1. The molecular formula is C14H14BrN5S. The number of halogens is 1. The molecule has 1 N–H and O–H groups in total. The molecule has 0 saturated carbocycles. The SMILES string of the molecule is Cc1nn(Cc2n[nH]c(=S)n2-c2ccccc2)c(C)c1Br. The summed E-state index contributed by atoms with van der Waals surface area (Å²) in [7, 11) is 0. The summed E-state index contributed by atoms with van der Waals surface area (Å²) in [5.74, 6) is 0.823. The Morgan fingerprint density at radius 3 is 2.57 bits per heavy atom. The van der Waals surface area contributed by atoms with Crippen LogP contribution >= 0.6 is 28.1 Å². The van der Waals surface area contributed by atoms with Gasteiger partial charge >= 0.3 is 0 Å². The quantitative estimate of drug-likeness (QED) is 0.723. The van der Waals surface area contributed by atoms with Crippen molar-refractivity contribution < 1.29 is 0 Å². The van der Waals surface area contributed by atoms with E-state index in [-0.39, 0.29) is 0 Å². The van der Waals surface area contributed by atoms with E-state index in [9.17, 15) is 0 Å². The lowest BCUT2D eigenvalue weighted by atomic mass is 10.3. The Bertz CT molecular complexity index is 831. The van der Waals surface area contributed by atoms with Gasteiger partial charge in [0.1, 0.15) is 6.54 Å². The van der Waals surface area contributed by atoms with E-state index in [0.717, 1.165) is 27.4 Å². The Morgan fingerprint density at radius 1 is 1.24 bits per heavy atom. The van der Waals surface area contributed by atoms with Crippen LogP contribution in [0.25, 0.3) is 5.69 Å². The molecule has 0 fully saturated rings. The van der Waals surface area contributed by atoms with Crippen LogP contribution in [-0.4, -0.2) is 24.5 Å². The monoisotopic (exact) mass is 363 g/mol. The van der Waals surface area contributed by atoms with E-state index in [2.05, 4.69) is 31.2 Å². The Hall–Kier alpha value is -1.73. The summed E-state index contributed by atoms with van der Waals surface area (Å²) in [5, 5.41) is 11.7. The minimum atomic E-state index is 0.556. The van der Waals surface area contributed by atoms with Crippen molar-refractivity contribution in [2.45, 2.75) is 20.4 Å². The van der Waals surface area contributed by atoms with Gasteiger partial charge < -0.3 is 0 Å². The van der Waals surface area contributed by atoms with Gasteiger partial charge in [0, 0.05) is 5.69 Å². The lowest BCUT2D eigenvalue weighted by molar-refractivity contribution is 0.622. The van der Waals surface area contributed by atoms with Crippen LogP contribution in [0.4, 0.5) is 0 Å². The highest BCUT2D eigenvalue weighted by molar-refractivity contribution is 9.10. The standard InChI is InChI=1S/C14H14BrN5S/c1-9-13(15)10(2)19(18-9)8-12-16-17-14(21)20(12)11-6-4-3-5-7-11/h3-7H,8H2,1-2H3,(H,17,21). The molecule has 1 aromatic carbocycles. The Kier molecular flexibility index (Phi) is 3.77. The normalized spacial score (nSPS) is 11.0. The molecule has 5 nitrogen and oxygen atoms in total. The summed E-state index contributed by atoms with van der Waals surface area (Å²) in [6, 6.07) is 9.95. The fourth-order valence-corrected chi connectivity index (χ4v) is 2.78. The number of rotatable bonds is 3. The number of hydrogen-bond donors (Lipinski definition) is 1. The third-order valence-corrected chi connectivity index (χ3v) is 4.76. The van der Waals surface area contributed by atoms with E-state index in [0.29, 0.717) is 11.3 Å². The highest BCUT2D eigenvalue weighted by Crippen LogP contribution is 2.21. The molecule has 108 valence electrons. The first kappa shape index (κ1) is 14.2. The first-order valence-corrected chi connectivity index (χ1v) is 7.69. The number of hydrogen-bond acceptors (Lipinski definition) is 3. The highest BCUT2D eigenvalue weighted by atomic mass is 79.9. The maximum absolute atomic E-state index is 5.34. The van der Waals surface area contributed by atoms with Crippen molar-refractivity contribution in [1.82, 2.24) is 24.5 Å². The molecule has 0 radical (unpaired) electrons. The van der Waals surface area contributed by atoms with Gasteiger partial charge in [0.05, 0.1) is 15.9 Å². The molecule has 0 saturated heterocycles. The number of nitrogens with zero attached hydrogens (tertiary/aromatic N) is 4. The van der Waals surface area contributed by atoms with Crippen molar-refractivity contribution in [3.8, 4) is 5.69 Å². The number of H-pyrrole nitrogens is 1. The Balaban J connectivity index is 2.05. The second-order valence-corrected chi connectivity index (χ2v) is 5.94. The van der Waals surface area contributed by atoms with E-state index in [1.54, 1.807) is 0 Å². The minimum Gasteiger partial charge on any atom is -0.271 e. The van der Waals surface area contributed by atoms with Crippen LogP contribution in [0.3, 0.4) is 0 Å². The third kappa shape index (κ3) is 2.58. The molecule has 0 bridgehead atoms. The topological polar surface area (TPSA) is 51.4 Å². The van der Waals surface area contributed by atoms with Crippen molar-refractivity contribution in [2.75, 3.05) is 0 Å². The van der Waals surface area contributed by atoms with Crippen molar-refractivity contribution >= 4 is 28.1 Å². The largest absolute Gasteiger partial charge is 0.271 e. The van der Waals surface area contributed by atoms with Crippen molar-refractivity contribution in [2.24, 2.45) is 0 Å². The molecule has 21 heavy (non-hydrogen) atoms. The first-order chi connectivity index (χ1) is 10.1. The van der Waals surface area contributed by atoms with Crippen LogP contribution < -0.4 is 0 Å².